The molecule has 0 saturated carbocycles. The summed E-state index contributed by atoms with van der Waals surface area (Å²) in [7, 11) is -3.92. The second kappa shape index (κ2) is 6.46. The van der Waals surface area contributed by atoms with E-state index >= 15 is 0 Å². The van der Waals surface area contributed by atoms with Crippen molar-refractivity contribution in [1.29, 1.82) is 0 Å². The molecule has 2 rings (SSSR count). The Morgan fingerprint density at radius 2 is 1.82 bits per heavy atom. The molecule has 0 aromatic heterocycles. The third-order valence-electron chi connectivity index (χ3n) is 3.83. The lowest BCUT2D eigenvalue weighted by Gasteiger charge is -2.17. The summed E-state index contributed by atoms with van der Waals surface area (Å²) in [5.74, 6) is -0.769. The van der Waals surface area contributed by atoms with Crippen molar-refractivity contribution < 1.29 is 13.2 Å². The zero-order chi connectivity index (χ0) is 16.3. The quantitative estimate of drug-likeness (QED) is 0.882. The first kappa shape index (κ1) is 16.5. The van der Waals surface area contributed by atoms with Crippen molar-refractivity contribution in [3.8, 4) is 0 Å². The molecule has 0 bridgehead atoms. The molecule has 22 heavy (non-hydrogen) atoms. The minimum atomic E-state index is -3.92. The Labute approximate surface area is 130 Å². The van der Waals surface area contributed by atoms with Crippen molar-refractivity contribution in [2.24, 2.45) is 11.7 Å². The van der Waals surface area contributed by atoms with Gasteiger partial charge in [-0.3, -0.25) is 4.79 Å². The van der Waals surface area contributed by atoms with Gasteiger partial charge in [-0.1, -0.05) is 50.6 Å². The highest BCUT2D eigenvalue weighted by Crippen LogP contribution is 2.19. The topological polar surface area (TPSA) is 89.3 Å². The monoisotopic (exact) mass is 320 g/mol. The van der Waals surface area contributed by atoms with Crippen LogP contribution in [0.5, 0.6) is 0 Å². The van der Waals surface area contributed by atoms with Gasteiger partial charge in [0.2, 0.25) is 0 Å². The zero-order valence-electron chi connectivity index (χ0n) is 12.6. The van der Waals surface area contributed by atoms with Crippen LogP contribution in [0, 0.1) is 5.92 Å². The Bertz CT molecular complexity index is 787. The molecule has 2 aromatic rings. The predicted molar refractivity (Wildman–Crippen MR) is 86.7 cm³/mol. The molecule has 0 fully saturated rings. The van der Waals surface area contributed by atoms with E-state index in [1.807, 2.05) is 38.1 Å². The standard InChI is InChI=1S/C16H20N2O3S/c1-3-11(2)15(17)16(19)18-22(20,21)14-9-8-12-6-4-5-7-13(12)10-14/h4-11,15H,3,17H2,1-2H3,(H,18,19)/t11-,15-/m0/s1. The Balaban J connectivity index is 2.27. The van der Waals surface area contributed by atoms with Crippen molar-refractivity contribution in [2.45, 2.75) is 31.2 Å². The number of hydrogen-bond acceptors (Lipinski definition) is 4. The van der Waals surface area contributed by atoms with Gasteiger partial charge in [-0.25, -0.2) is 13.1 Å². The first-order valence-electron chi connectivity index (χ1n) is 7.16. The highest BCUT2D eigenvalue weighted by atomic mass is 32.2. The van der Waals surface area contributed by atoms with Crippen LogP contribution in [0.25, 0.3) is 10.8 Å². The van der Waals surface area contributed by atoms with Gasteiger partial charge in [0.15, 0.2) is 0 Å². The van der Waals surface area contributed by atoms with Crippen LogP contribution in [0.1, 0.15) is 20.3 Å². The summed E-state index contributed by atoms with van der Waals surface area (Å²) in [4.78, 5) is 12.0. The Morgan fingerprint density at radius 1 is 1.18 bits per heavy atom. The minimum absolute atomic E-state index is 0.0518. The van der Waals surface area contributed by atoms with Crippen LogP contribution in [0.4, 0.5) is 0 Å². The molecule has 1 amide bonds. The first-order chi connectivity index (χ1) is 10.3. The number of nitrogens with two attached hydrogens (primary N) is 1. The maximum atomic E-state index is 12.3. The number of amides is 1. The average Bonchev–Trinajstić information content (AvgIpc) is 2.52. The van der Waals surface area contributed by atoms with Crippen molar-refractivity contribution in [3.63, 3.8) is 0 Å². The Kier molecular flexibility index (Phi) is 4.83. The van der Waals surface area contributed by atoms with E-state index in [1.54, 1.807) is 12.1 Å². The van der Waals surface area contributed by atoms with Gasteiger partial charge < -0.3 is 5.73 Å². The summed E-state index contributed by atoms with van der Waals surface area (Å²) in [5, 5.41) is 1.73. The number of carbonyl (C=O) groups is 1. The van der Waals surface area contributed by atoms with E-state index in [0.29, 0.717) is 6.42 Å². The van der Waals surface area contributed by atoms with Crippen LogP contribution in [0.2, 0.25) is 0 Å². The molecule has 0 spiro atoms. The van der Waals surface area contributed by atoms with Crippen LogP contribution in [0.15, 0.2) is 47.4 Å². The molecule has 5 nitrogen and oxygen atoms in total. The molecule has 2 atom stereocenters. The van der Waals surface area contributed by atoms with E-state index < -0.39 is 22.0 Å². The number of carbonyl (C=O) groups excluding carboxylic acids is 1. The summed E-state index contributed by atoms with van der Waals surface area (Å²) in [5.41, 5.74) is 5.77. The number of nitrogens with one attached hydrogen (secondary N) is 1. The van der Waals surface area contributed by atoms with Gasteiger partial charge in [0.1, 0.15) is 0 Å². The summed E-state index contributed by atoms with van der Waals surface area (Å²) in [6.45, 7) is 3.71. The molecule has 2 aromatic carbocycles. The fourth-order valence-corrected chi connectivity index (χ4v) is 3.15. The number of hydrogen-bond donors (Lipinski definition) is 2. The van der Waals surface area contributed by atoms with Crippen LogP contribution < -0.4 is 10.5 Å². The van der Waals surface area contributed by atoms with Gasteiger partial charge in [0.05, 0.1) is 10.9 Å². The van der Waals surface area contributed by atoms with E-state index in [0.717, 1.165) is 10.8 Å². The molecule has 0 aliphatic heterocycles. The lowest BCUT2D eigenvalue weighted by molar-refractivity contribution is -0.121. The number of sulfonamides is 1. The lowest BCUT2D eigenvalue weighted by Crippen LogP contribution is -2.46. The molecule has 3 N–H and O–H groups in total. The predicted octanol–water partition coefficient (Wildman–Crippen LogP) is 2.02. The second-order valence-corrected chi connectivity index (χ2v) is 7.07. The molecular weight excluding hydrogens is 300 g/mol. The molecule has 0 aliphatic rings. The van der Waals surface area contributed by atoms with E-state index in [9.17, 15) is 13.2 Å². The van der Waals surface area contributed by atoms with Gasteiger partial charge in [-0.05, 0) is 28.8 Å². The molecule has 0 aliphatic carbocycles. The van der Waals surface area contributed by atoms with Crippen molar-refractivity contribution in [3.05, 3.63) is 42.5 Å². The first-order valence-corrected chi connectivity index (χ1v) is 8.64. The maximum Gasteiger partial charge on any atom is 0.264 e. The van der Waals surface area contributed by atoms with Gasteiger partial charge >= 0.3 is 0 Å². The summed E-state index contributed by atoms with van der Waals surface area (Å²) in [6.07, 6.45) is 0.699. The van der Waals surface area contributed by atoms with Gasteiger partial charge in [0.25, 0.3) is 15.9 Å². The Hall–Kier alpha value is -1.92. The normalized spacial score (nSPS) is 14.5. The highest BCUT2D eigenvalue weighted by molar-refractivity contribution is 7.90. The summed E-state index contributed by atoms with van der Waals surface area (Å²) < 4.78 is 26.7. The van der Waals surface area contributed by atoms with Gasteiger partial charge in [-0.15, -0.1) is 0 Å². The maximum absolute atomic E-state index is 12.3. The van der Waals surface area contributed by atoms with Crippen molar-refractivity contribution in [1.82, 2.24) is 4.72 Å². The summed E-state index contributed by atoms with van der Waals surface area (Å²) >= 11 is 0. The lowest BCUT2D eigenvalue weighted by atomic mass is 10.00. The number of fused-ring (bicyclic) bond motifs is 1. The fourth-order valence-electron chi connectivity index (χ4n) is 2.11. The van der Waals surface area contributed by atoms with Crippen LogP contribution in [-0.2, 0) is 14.8 Å². The molecule has 118 valence electrons. The molecule has 0 radical (unpaired) electrons. The average molecular weight is 320 g/mol. The molecule has 0 heterocycles. The number of rotatable bonds is 5. The van der Waals surface area contributed by atoms with Gasteiger partial charge in [0, 0.05) is 0 Å². The number of benzene rings is 2. The minimum Gasteiger partial charge on any atom is -0.320 e. The molecular formula is C16H20N2O3S. The fraction of sp³-hybridized carbons (Fsp3) is 0.312. The van der Waals surface area contributed by atoms with Crippen molar-refractivity contribution >= 4 is 26.7 Å². The van der Waals surface area contributed by atoms with E-state index in [2.05, 4.69) is 4.72 Å². The second-order valence-electron chi connectivity index (χ2n) is 5.39. The summed E-state index contributed by atoms with van der Waals surface area (Å²) in [6, 6.07) is 11.3. The third kappa shape index (κ3) is 3.45. The molecule has 0 unspecified atom stereocenters. The smallest absolute Gasteiger partial charge is 0.264 e. The third-order valence-corrected chi connectivity index (χ3v) is 5.17. The van der Waals surface area contributed by atoms with E-state index in [4.69, 9.17) is 5.73 Å². The van der Waals surface area contributed by atoms with Crippen LogP contribution >= 0.6 is 0 Å². The van der Waals surface area contributed by atoms with Crippen LogP contribution in [0.3, 0.4) is 0 Å². The largest absolute Gasteiger partial charge is 0.320 e. The van der Waals surface area contributed by atoms with Gasteiger partial charge in [-0.2, -0.15) is 0 Å². The highest BCUT2D eigenvalue weighted by Gasteiger charge is 2.25. The SMILES string of the molecule is CC[C@H](C)[C@H](N)C(=O)NS(=O)(=O)c1ccc2ccccc2c1. The Morgan fingerprint density at radius 3 is 2.45 bits per heavy atom. The van der Waals surface area contributed by atoms with Crippen LogP contribution in [-0.4, -0.2) is 20.4 Å². The molecule has 6 heteroatoms. The van der Waals surface area contributed by atoms with E-state index in [-0.39, 0.29) is 10.8 Å². The molecule has 0 saturated heterocycles. The van der Waals surface area contributed by atoms with E-state index in [1.165, 1.54) is 6.07 Å². The zero-order valence-corrected chi connectivity index (χ0v) is 13.4. The van der Waals surface area contributed by atoms with Crippen molar-refractivity contribution in [2.75, 3.05) is 0 Å².